The third kappa shape index (κ3) is 1.88. The standard InChI is InChI=1S/C19H25F2NO2/c1-18-4-3-10(23)5-9(18)6-14(24)15-11-7-12(20)17(22)19(11,2)8-13(21)16(15)18/h3-6,11-17,23-24H,7-8,22H2,1-2H3/t11-,12?,13?,14?,15+,16+,17?,18-,19-/m0/s1. The third-order valence-corrected chi connectivity index (χ3v) is 7.34. The highest BCUT2D eigenvalue weighted by atomic mass is 19.1. The van der Waals surface area contributed by atoms with Gasteiger partial charge in [-0.25, -0.2) is 8.78 Å². The fraction of sp³-hybridized carbons (Fsp3) is 0.684. The van der Waals surface area contributed by atoms with E-state index in [-0.39, 0.29) is 30.4 Å². The van der Waals surface area contributed by atoms with Crippen molar-refractivity contribution >= 4 is 0 Å². The van der Waals surface area contributed by atoms with E-state index in [1.807, 2.05) is 19.9 Å². The lowest BCUT2D eigenvalue weighted by molar-refractivity contribution is -0.103. The average molecular weight is 337 g/mol. The molecule has 4 aliphatic carbocycles. The lowest BCUT2D eigenvalue weighted by Gasteiger charge is -2.57. The molecular weight excluding hydrogens is 312 g/mol. The molecule has 5 heteroatoms. The van der Waals surface area contributed by atoms with E-state index in [0.717, 1.165) is 5.57 Å². The van der Waals surface area contributed by atoms with Crippen molar-refractivity contribution in [3.8, 4) is 0 Å². The monoisotopic (exact) mass is 337 g/mol. The second-order valence-corrected chi connectivity index (χ2v) is 8.51. The van der Waals surface area contributed by atoms with E-state index in [9.17, 15) is 14.6 Å². The van der Waals surface area contributed by atoms with Crippen molar-refractivity contribution in [3.05, 3.63) is 35.6 Å². The quantitative estimate of drug-likeness (QED) is 0.637. The van der Waals surface area contributed by atoms with E-state index >= 15 is 4.39 Å². The van der Waals surface area contributed by atoms with Gasteiger partial charge in [-0.1, -0.05) is 26.0 Å². The molecular formula is C19H25F2NO2. The van der Waals surface area contributed by atoms with Gasteiger partial charge in [0.15, 0.2) is 0 Å². The molecule has 0 amide bonds. The number of aliphatic hydroxyl groups excluding tert-OH is 2. The minimum Gasteiger partial charge on any atom is -0.508 e. The molecule has 4 unspecified atom stereocenters. The Hall–Kier alpha value is -1.20. The summed E-state index contributed by atoms with van der Waals surface area (Å²) in [6, 6.07) is -0.682. The summed E-state index contributed by atoms with van der Waals surface area (Å²) in [5, 5.41) is 20.5. The molecule has 0 aromatic carbocycles. The summed E-state index contributed by atoms with van der Waals surface area (Å²) >= 11 is 0. The van der Waals surface area contributed by atoms with Crippen LogP contribution < -0.4 is 5.73 Å². The molecule has 0 spiro atoms. The molecule has 0 aromatic heterocycles. The first-order valence-corrected chi connectivity index (χ1v) is 8.72. The number of hydrogen-bond donors (Lipinski definition) is 3. The summed E-state index contributed by atoms with van der Waals surface area (Å²) in [7, 11) is 0. The summed E-state index contributed by atoms with van der Waals surface area (Å²) in [5.74, 6) is -0.842. The fourth-order valence-corrected chi connectivity index (χ4v) is 6.01. The van der Waals surface area contributed by atoms with Crippen molar-refractivity contribution in [2.24, 2.45) is 34.3 Å². The van der Waals surface area contributed by atoms with Crippen LogP contribution in [0.5, 0.6) is 0 Å². The molecule has 0 heterocycles. The number of fused-ring (bicyclic) bond motifs is 5. The van der Waals surface area contributed by atoms with Gasteiger partial charge in [0.05, 0.1) is 6.10 Å². The highest BCUT2D eigenvalue weighted by Crippen LogP contribution is 2.64. The van der Waals surface area contributed by atoms with Gasteiger partial charge in [0.25, 0.3) is 0 Å². The van der Waals surface area contributed by atoms with Crippen LogP contribution in [0.25, 0.3) is 0 Å². The second-order valence-electron chi connectivity index (χ2n) is 8.51. The SMILES string of the molecule is C[C@]12C=CC(O)=CC1=CC(O)[C@@H]1[C@H]2C(F)C[C@]2(C)C(N)C(F)C[C@@H]12. The topological polar surface area (TPSA) is 66.5 Å². The Bertz CT molecular complexity index is 660. The summed E-state index contributed by atoms with van der Waals surface area (Å²) < 4.78 is 29.7. The summed E-state index contributed by atoms with van der Waals surface area (Å²) in [6.45, 7) is 3.82. The van der Waals surface area contributed by atoms with Crippen LogP contribution in [0.1, 0.15) is 26.7 Å². The number of allylic oxidation sites excluding steroid dienone is 4. The largest absolute Gasteiger partial charge is 0.508 e. The van der Waals surface area contributed by atoms with E-state index in [0.29, 0.717) is 0 Å². The number of rotatable bonds is 0. The van der Waals surface area contributed by atoms with Crippen LogP contribution in [0.4, 0.5) is 8.78 Å². The summed E-state index contributed by atoms with van der Waals surface area (Å²) in [4.78, 5) is 0. The van der Waals surface area contributed by atoms with Gasteiger partial charge in [0.2, 0.25) is 0 Å². The van der Waals surface area contributed by atoms with Crippen molar-refractivity contribution < 1.29 is 19.0 Å². The molecule has 4 aliphatic rings. The highest BCUT2D eigenvalue weighted by molar-refractivity contribution is 5.44. The zero-order chi connectivity index (χ0) is 17.4. The van der Waals surface area contributed by atoms with Crippen LogP contribution in [-0.2, 0) is 0 Å². The third-order valence-electron chi connectivity index (χ3n) is 7.34. The molecule has 0 bridgehead atoms. The zero-order valence-electron chi connectivity index (χ0n) is 14.0. The van der Waals surface area contributed by atoms with Gasteiger partial charge in [0.1, 0.15) is 18.1 Å². The number of aliphatic hydroxyl groups is 2. The van der Waals surface area contributed by atoms with Crippen molar-refractivity contribution in [2.75, 3.05) is 0 Å². The molecule has 24 heavy (non-hydrogen) atoms. The minimum absolute atomic E-state index is 0.104. The molecule has 3 nitrogen and oxygen atoms in total. The van der Waals surface area contributed by atoms with E-state index in [1.54, 1.807) is 18.2 Å². The molecule has 4 N–H and O–H groups in total. The predicted molar refractivity (Wildman–Crippen MR) is 87.6 cm³/mol. The molecule has 132 valence electrons. The first kappa shape index (κ1) is 16.3. The molecule has 4 rings (SSSR count). The van der Waals surface area contributed by atoms with Crippen LogP contribution in [0.3, 0.4) is 0 Å². The molecule has 0 radical (unpaired) electrons. The van der Waals surface area contributed by atoms with Crippen LogP contribution in [0.2, 0.25) is 0 Å². The van der Waals surface area contributed by atoms with E-state index in [2.05, 4.69) is 0 Å². The van der Waals surface area contributed by atoms with Gasteiger partial charge in [-0.2, -0.15) is 0 Å². The Morgan fingerprint density at radius 1 is 1.25 bits per heavy atom. The second kappa shape index (κ2) is 4.92. The van der Waals surface area contributed by atoms with Crippen LogP contribution in [0.15, 0.2) is 35.6 Å². The van der Waals surface area contributed by atoms with Crippen molar-refractivity contribution in [3.63, 3.8) is 0 Å². The van der Waals surface area contributed by atoms with Crippen molar-refractivity contribution in [2.45, 2.75) is 51.2 Å². The first-order valence-electron chi connectivity index (χ1n) is 8.72. The molecule has 0 saturated heterocycles. The van der Waals surface area contributed by atoms with Crippen LogP contribution >= 0.6 is 0 Å². The fourth-order valence-electron chi connectivity index (χ4n) is 6.01. The number of hydrogen-bond acceptors (Lipinski definition) is 3. The lowest BCUT2D eigenvalue weighted by Crippen LogP contribution is -2.59. The maximum Gasteiger partial charge on any atom is 0.116 e. The molecule has 0 aliphatic heterocycles. The summed E-state index contributed by atoms with van der Waals surface area (Å²) in [6.07, 6.45) is 4.05. The highest BCUT2D eigenvalue weighted by Gasteiger charge is 2.65. The average Bonchev–Trinajstić information content (AvgIpc) is 2.72. The van der Waals surface area contributed by atoms with Crippen LogP contribution in [-0.4, -0.2) is 34.7 Å². The van der Waals surface area contributed by atoms with Gasteiger partial charge in [-0.15, -0.1) is 0 Å². The van der Waals surface area contributed by atoms with Gasteiger partial charge < -0.3 is 15.9 Å². The molecule has 0 aromatic rings. The smallest absolute Gasteiger partial charge is 0.116 e. The Morgan fingerprint density at radius 3 is 2.67 bits per heavy atom. The van der Waals surface area contributed by atoms with Crippen molar-refractivity contribution in [1.29, 1.82) is 0 Å². The molecule has 2 saturated carbocycles. The van der Waals surface area contributed by atoms with Gasteiger partial charge in [-0.05, 0) is 47.8 Å². The van der Waals surface area contributed by atoms with Gasteiger partial charge in [0, 0.05) is 17.4 Å². The van der Waals surface area contributed by atoms with Gasteiger partial charge >= 0.3 is 0 Å². The van der Waals surface area contributed by atoms with E-state index in [1.165, 1.54) is 0 Å². The lowest BCUT2D eigenvalue weighted by atomic mass is 9.48. The van der Waals surface area contributed by atoms with Gasteiger partial charge in [-0.3, -0.25) is 0 Å². The van der Waals surface area contributed by atoms with Crippen molar-refractivity contribution in [1.82, 2.24) is 0 Å². The molecule has 9 atom stereocenters. The van der Waals surface area contributed by atoms with E-state index in [4.69, 9.17) is 5.73 Å². The molecule has 2 fully saturated rings. The van der Waals surface area contributed by atoms with Crippen LogP contribution in [0, 0.1) is 28.6 Å². The zero-order valence-corrected chi connectivity index (χ0v) is 14.0. The minimum atomic E-state index is -1.17. The summed E-state index contributed by atoms with van der Waals surface area (Å²) in [5.41, 5.74) is 5.59. The maximum atomic E-state index is 15.4. The number of nitrogens with two attached hydrogens (primary N) is 1. The maximum absolute atomic E-state index is 15.4. The number of alkyl halides is 2. The van der Waals surface area contributed by atoms with E-state index < -0.39 is 41.2 Å². The Balaban J connectivity index is 1.83. The number of halogens is 2. The predicted octanol–water partition coefficient (Wildman–Crippen LogP) is 2.97. The normalized spacial score (nSPS) is 56.0. The Kier molecular flexibility index (Phi) is 3.33. The Morgan fingerprint density at radius 2 is 1.96 bits per heavy atom. The first-order chi connectivity index (χ1) is 11.2. The Labute approximate surface area is 140 Å².